The number of carbonyl (C=O) groups excluding carboxylic acids is 1. The number of thiophene rings is 1. The minimum atomic E-state index is -3.69. The summed E-state index contributed by atoms with van der Waals surface area (Å²) in [5, 5.41) is 2.79. The molecule has 1 aliphatic rings. The Balaban J connectivity index is 1.92. The highest BCUT2D eigenvalue weighted by molar-refractivity contribution is 8.15. The van der Waals surface area contributed by atoms with Crippen LogP contribution in [0.3, 0.4) is 0 Å². The fraction of sp³-hybridized carbons (Fsp3) is 0.545. The molecule has 0 aromatic carbocycles. The van der Waals surface area contributed by atoms with Gasteiger partial charge in [0.1, 0.15) is 4.21 Å². The van der Waals surface area contributed by atoms with Crippen molar-refractivity contribution in [3.63, 3.8) is 0 Å². The SMILES string of the molecule is CC1OCCC1C(=O)NCc1ccc(S(=O)(=O)Cl)s1. The number of hydrogen-bond acceptors (Lipinski definition) is 5. The normalized spacial score (nSPS) is 23.5. The third-order valence-corrected chi connectivity index (χ3v) is 6.21. The lowest BCUT2D eigenvalue weighted by atomic mass is 10.0. The third-order valence-electron chi connectivity index (χ3n) is 3.03. The summed E-state index contributed by atoms with van der Waals surface area (Å²) < 4.78 is 27.6. The average molecular weight is 324 g/mol. The molecule has 1 aliphatic heterocycles. The highest BCUT2D eigenvalue weighted by atomic mass is 35.7. The monoisotopic (exact) mass is 323 g/mol. The van der Waals surface area contributed by atoms with Crippen LogP contribution in [-0.2, 0) is 25.1 Å². The Morgan fingerprint density at radius 3 is 2.84 bits per heavy atom. The molecule has 1 fully saturated rings. The van der Waals surface area contributed by atoms with Crippen molar-refractivity contribution < 1.29 is 17.9 Å². The molecule has 2 unspecified atom stereocenters. The molecule has 1 saturated heterocycles. The zero-order valence-electron chi connectivity index (χ0n) is 10.3. The molecule has 8 heteroatoms. The molecular weight excluding hydrogens is 310 g/mol. The molecule has 2 rings (SSSR count). The van der Waals surface area contributed by atoms with Crippen molar-refractivity contribution in [3.05, 3.63) is 17.0 Å². The van der Waals surface area contributed by atoms with E-state index >= 15 is 0 Å². The first-order valence-corrected chi connectivity index (χ1v) is 8.93. The maximum absolute atomic E-state index is 11.9. The van der Waals surface area contributed by atoms with Crippen LogP contribution < -0.4 is 5.32 Å². The Hall–Kier alpha value is -0.630. The van der Waals surface area contributed by atoms with Crippen LogP contribution in [0.5, 0.6) is 0 Å². The summed E-state index contributed by atoms with van der Waals surface area (Å²) >= 11 is 1.06. The van der Waals surface area contributed by atoms with Gasteiger partial charge in [0.05, 0.1) is 18.6 Å². The van der Waals surface area contributed by atoms with E-state index in [1.54, 1.807) is 6.07 Å². The fourth-order valence-corrected chi connectivity index (χ4v) is 4.03. The average Bonchev–Trinajstić information content (AvgIpc) is 2.93. The van der Waals surface area contributed by atoms with Gasteiger partial charge in [-0.05, 0) is 25.5 Å². The Labute approximate surface area is 120 Å². The van der Waals surface area contributed by atoms with Crippen LogP contribution in [0.4, 0.5) is 0 Å². The molecule has 0 radical (unpaired) electrons. The van der Waals surface area contributed by atoms with Gasteiger partial charge in [-0.15, -0.1) is 11.3 Å². The van der Waals surface area contributed by atoms with E-state index < -0.39 is 9.05 Å². The van der Waals surface area contributed by atoms with Crippen molar-refractivity contribution in [2.24, 2.45) is 5.92 Å². The van der Waals surface area contributed by atoms with Crippen molar-refractivity contribution in [1.82, 2.24) is 5.32 Å². The summed E-state index contributed by atoms with van der Waals surface area (Å²) in [6, 6.07) is 3.09. The standard InChI is InChI=1S/C11H14ClNO4S2/c1-7-9(4-5-17-7)11(14)13-6-8-2-3-10(18-8)19(12,15)16/h2-3,7,9H,4-6H2,1H3,(H,13,14). The number of amides is 1. The second kappa shape index (κ2) is 5.78. The fourth-order valence-electron chi connectivity index (χ4n) is 1.97. The molecule has 0 aliphatic carbocycles. The third kappa shape index (κ3) is 3.68. The highest BCUT2D eigenvalue weighted by Crippen LogP contribution is 2.25. The van der Waals surface area contributed by atoms with Gasteiger partial charge >= 0.3 is 0 Å². The second-order valence-corrected chi connectivity index (χ2v) is 8.31. The molecule has 19 heavy (non-hydrogen) atoms. The van der Waals surface area contributed by atoms with Crippen LogP contribution in [0.1, 0.15) is 18.2 Å². The minimum Gasteiger partial charge on any atom is -0.378 e. The number of nitrogens with one attached hydrogen (secondary N) is 1. The van der Waals surface area contributed by atoms with Crippen molar-refractivity contribution in [2.75, 3.05) is 6.61 Å². The zero-order valence-corrected chi connectivity index (χ0v) is 12.6. The van der Waals surface area contributed by atoms with Crippen molar-refractivity contribution >= 4 is 37.0 Å². The van der Waals surface area contributed by atoms with Gasteiger partial charge in [-0.3, -0.25) is 4.79 Å². The van der Waals surface area contributed by atoms with Crippen LogP contribution in [-0.4, -0.2) is 27.0 Å². The van der Waals surface area contributed by atoms with Gasteiger partial charge in [-0.2, -0.15) is 0 Å². The predicted molar refractivity (Wildman–Crippen MR) is 72.7 cm³/mol. The van der Waals surface area contributed by atoms with Crippen molar-refractivity contribution in [1.29, 1.82) is 0 Å². The quantitative estimate of drug-likeness (QED) is 0.856. The molecule has 0 saturated carbocycles. The van der Waals surface area contributed by atoms with Crippen molar-refractivity contribution in [2.45, 2.75) is 30.2 Å². The Bertz CT molecular complexity index is 569. The van der Waals surface area contributed by atoms with E-state index in [4.69, 9.17) is 15.4 Å². The summed E-state index contributed by atoms with van der Waals surface area (Å²) in [6.07, 6.45) is 0.653. The van der Waals surface area contributed by atoms with Gasteiger partial charge < -0.3 is 10.1 Å². The van der Waals surface area contributed by atoms with Gasteiger partial charge in [0, 0.05) is 22.2 Å². The van der Waals surface area contributed by atoms with Crippen LogP contribution >= 0.6 is 22.0 Å². The first-order chi connectivity index (χ1) is 8.88. The predicted octanol–water partition coefficient (Wildman–Crippen LogP) is 1.72. The zero-order chi connectivity index (χ0) is 14.0. The Morgan fingerprint density at radius 2 is 2.32 bits per heavy atom. The molecule has 1 aromatic rings. The van der Waals surface area contributed by atoms with Crippen LogP contribution in [0, 0.1) is 5.92 Å². The van der Waals surface area contributed by atoms with Gasteiger partial charge in [0.25, 0.3) is 9.05 Å². The topological polar surface area (TPSA) is 72.5 Å². The van der Waals surface area contributed by atoms with Gasteiger partial charge in [-0.25, -0.2) is 8.42 Å². The smallest absolute Gasteiger partial charge is 0.270 e. The molecule has 0 bridgehead atoms. The van der Waals surface area contributed by atoms with E-state index in [9.17, 15) is 13.2 Å². The summed E-state index contributed by atoms with van der Waals surface area (Å²) in [7, 11) is 1.55. The Kier molecular flexibility index (Phi) is 4.50. The number of ether oxygens (including phenoxy) is 1. The number of rotatable bonds is 4. The maximum atomic E-state index is 11.9. The van der Waals surface area contributed by atoms with Gasteiger partial charge in [0.15, 0.2) is 0 Å². The van der Waals surface area contributed by atoms with E-state index in [1.807, 2.05) is 6.92 Å². The molecule has 1 N–H and O–H groups in total. The first kappa shape index (κ1) is 14.8. The minimum absolute atomic E-state index is 0.0614. The lowest BCUT2D eigenvalue weighted by molar-refractivity contribution is -0.126. The molecule has 1 amide bonds. The number of halogens is 1. The molecule has 1 aromatic heterocycles. The summed E-state index contributed by atoms with van der Waals surface area (Å²) in [6.45, 7) is 2.78. The summed E-state index contributed by atoms with van der Waals surface area (Å²) in [4.78, 5) is 12.7. The maximum Gasteiger partial charge on any atom is 0.270 e. The molecule has 5 nitrogen and oxygen atoms in total. The van der Waals surface area contributed by atoms with E-state index in [2.05, 4.69) is 5.32 Å². The molecule has 2 atom stereocenters. The second-order valence-electron chi connectivity index (χ2n) is 4.35. The Morgan fingerprint density at radius 1 is 1.58 bits per heavy atom. The molecule has 106 valence electrons. The summed E-state index contributed by atoms with van der Waals surface area (Å²) in [5.41, 5.74) is 0. The molecule has 2 heterocycles. The number of hydrogen-bond donors (Lipinski definition) is 1. The van der Waals surface area contributed by atoms with Crippen molar-refractivity contribution in [3.8, 4) is 0 Å². The first-order valence-electron chi connectivity index (χ1n) is 5.80. The van der Waals surface area contributed by atoms with Crippen LogP contribution in [0.25, 0.3) is 0 Å². The molecule has 0 spiro atoms. The van der Waals surface area contributed by atoms with Gasteiger partial charge in [0.2, 0.25) is 5.91 Å². The van der Waals surface area contributed by atoms with E-state index in [0.29, 0.717) is 13.2 Å². The van der Waals surface area contributed by atoms with E-state index in [0.717, 1.165) is 22.6 Å². The van der Waals surface area contributed by atoms with E-state index in [1.165, 1.54) is 6.07 Å². The lowest BCUT2D eigenvalue weighted by Gasteiger charge is -2.13. The van der Waals surface area contributed by atoms with E-state index in [-0.39, 0.29) is 22.1 Å². The molecular formula is C11H14ClNO4S2. The van der Waals surface area contributed by atoms with Crippen LogP contribution in [0.15, 0.2) is 16.3 Å². The summed E-state index contributed by atoms with van der Waals surface area (Å²) in [5.74, 6) is -0.190. The van der Waals surface area contributed by atoms with Crippen LogP contribution in [0.2, 0.25) is 0 Å². The van der Waals surface area contributed by atoms with Gasteiger partial charge in [-0.1, -0.05) is 0 Å². The lowest BCUT2D eigenvalue weighted by Crippen LogP contribution is -2.33. The highest BCUT2D eigenvalue weighted by Gasteiger charge is 2.30. The number of carbonyl (C=O) groups is 1. The largest absolute Gasteiger partial charge is 0.378 e.